The molecule has 1 aliphatic rings. The molecule has 2 rings (SSSR count). The molecule has 0 bridgehead atoms. The summed E-state index contributed by atoms with van der Waals surface area (Å²) in [5.41, 5.74) is 1.51. The van der Waals surface area contributed by atoms with Crippen molar-refractivity contribution in [1.82, 2.24) is 5.32 Å². The molecule has 1 N–H and O–H groups in total. The van der Waals surface area contributed by atoms with Crippen LogP contribution in [0.2, 0.25) is 0 Å². The van der Waals surface area contributed by atoms with Crippen molar-refractivity contribution in [3.05, 3.63) is 21.9 Å². The minimum atomic E-state index is 0.562. The van der Waals surface area contributed by atoms with Gasteiger partial charge in [-0.15, -0.1) is 11.3 Å². The normalized spacial score (nSPS) is 30.0. The van der Waals surface area contributed by atoms with Gasteiger partial charge in [-0.2, -0.15) is 0 Å². The first kappa shape index (κ1) is 7.32. The maximum atomic E-state index is 3.48. The SMILES string of the molecule is CC1CNC(C)c2ccsc21. The highest BCUT2D eigenvalue weighted by Crippen LogP contribution is 2.33. The predicted octanol–water partition coefficient (Wildman–Crippen LogP) is 2.52. The largest absolute Gasteiger partial charge is 0.310 e. The lowest BCUT2D eigenvalue weighted by Gasteiger charge is -2.25. The van der Waals surface area contributed by atoms with E-state index in [1.54, 1.807) is 4.88 Å². The van der Waals surface area contributed by atoms with Crippen LogP contribution < -0.4 is 5.32 Å². The van der Waals surface area contributed by atoms with Crippen molar-refractivity contribution < 1.29 is 0 Å². The fourth-order valence-corrected chi connectivity index (χ4v) is 2.70. The quantitative estimate of drug-likeness (QED) is 0.626. The van der Waals surface area contributed by atoms with E-state index in [0.29, 0.717) is 12.0 Å². The molecule has 0 saturated heterocycles. The van der Waals surface area contributed by atoms with Crippen LogP contribution in [0, 0.1) is 0 Å². The van der Waals surface area contributed by atoms with Gasteiger partial charge in [-0.05, 0) is 23.9 Å². The molecule has 1 aliphatic heterocycles. The lowest BCUT2D eigenvalue weighted by Crippen LogP contribution is -2.28. The Balaban J connectivity index is 2.43. The van der Waals surface area contributed by atoms with Crippen LogP contribution in [0.1, 0.15) is 36.2 Å². The molecule has 0 saturated carbocycles. The van der Waals surface area contributed by atoms with Gasteiger partial charge in [0.1, 0.15) is 0 Å². The maximum Gasteiger partial charge on any atom is 0.0303 e. The highest BCUT2D eigenvalue weighted by atomic mass is 32.1. The average molecular weight is 167 g/mol. The first-order valence-electron chi connectivity index (χ1n) is 4.09. The van der Waals surface area contributed by atoms with Gasteiger partial charge in [0, 0.05) is 23.4 Å². The van der Waals surface area contributed by atoms with Crippen molar-refractivity contribution in [2.75, 3.05) is 6.54 Å². The summed E-state index contributed by atoms with van der Waals surface area (Å²) in [6, 6.07) is 2.81. The molecule has 2 atom stereocenters. The second-order valence-corrected chi connectivity index (χ2v) is 4.22. The van der Waals surface area contributed by atoms with Crippen LogP contribution in [0.5, 0.6) is 0 Å². The van der Waals surface area contributed by atoms with Gasteiger partial charge in [-0.25, -0.2) is 0 Å². The summed E-state index contributed by atoms with van der Waals surface area (Å²) >= 11 is 1.90. The third-order valence-corrected chi connectivity index (χ3v) is 3.54. The Morgan fingerprint density at radius 1 is 1.55 bits per heavy atom. The van der Waals surface area contributed by atoms with E-state index in [0.717, 1.165) is 6.54 Å². The average Bonchev–Trinajstić information content (AvgIpc) is 2.45. The number of fused-ring (bicyclic) bond motifs is 1. The van der Waals surface area contributed by atoms with Crippen molar-refractivity contribution in [3.63, 3.8) is 0 Å². The Hall–Kier alpha value is -0.340. The van der Waals surface area contributed by atoms with Crippen LogP contribution in [0.4, 0.5) is 0 Å². The topological polar surface area (TPSA) is 12.0 Å². The minimum Gasteiger partial charge on any atom is -0.310 e. The summed E-state index contributed by atoms with van der Waals surface area (Å²) in [7, 11) is 0. The third kappa shape index (κ3) is 1.10. The van der Waals surface area contributed by atoms with Crippen LogP contribution in [-0.4, -0.2) is 6.54 Å². The van der Waals surface area contributed by atoms with E-state index in [1.807, 2.05) is 11.3 Å². The van der Waals surface area contributed by atoms with E-state index in [-0.39, 0.29) is 0 Å². The summed E-state index contributed by atoms with van der Waals surface area (Å²) < 4.78 is 0. The second kappa shape index (κ2) is 2.61. The number of thiophene rings is 1. The van der Waals surface area contributed by atoms with E-state index in [9.17, 15) is 0 Å². The van der Waals surface area contributed by atoms with Gasteiger partial charge in [0.25, 0.3) is 0 Å². The lowest BCUT2D eigenvalue weighted by atomic mass is 9.97. The number of hydrogen-bond acceptors (Lipinski definition) is 2. The van der Waals surface area contributed by atoms with Crippen molar-refractivity contribution in [3.8, 4) is 0 Å². The Morgan fingerprint density at radius 2 is 2.36 bits per heavy atom. The zero-order chi connectivity index (χ0) is 7.84. The molecule has 11 heavy (non-hydrogen) atoms. The van der Waals surface area contributed by atoms with Crippen LogP contribution in [0.15, 0.2) is 11.4 Å². The maximum absolute atomic E-state index is 3.48. The van der Waals surface area contributed by atoms with Crippen LogP contribution >= 0.6 is 11.3 Å². The lowest BCUT2D eigenvalue weighted by molar-refractivity contribution is 0.502. The van der Waals surface area contributed by atoms with E-state index in [1.165, 1.54) is 5.56 Å². The van der Waals surface area contributed by atoms with Crippen LogP contribution in [-0.2, 0) is 0 Å². The van der Waals surface area contributed by atoms with Gasteiger partial charge >= 0.3 is 0 Å². The number of hydrogen-bond donors (Lipinski definition) is 1. The monoisotopic (exact) mass is 167 g/mol. The first-order valence-corrected chi connectivity index (χ1v) is 4.97. The third-order valence-electron chi connectivity index (χ3n) is 2.37. The molecule has 1 aromatic rings. The highest BCUT2D eigenvalue weighted by Gasteiger charge is 2.21. The standard InChI is InChI=1S/C9H13NS/c1-6-5-10-7(2)8-3-4-11-9(6)8/h3-4,6-7,10H,5H2,1-2H3. The highest BCUT2D eigenvalue weighted by molar-refractivity contribution is 7.10. The Kier molecular flexibility index (Phi) is 1.74. The van der Waals surface area contributed by atoms with Gasteiger partial charge in [0.05, 0.1) is 0 Å². The van der Waals surface area contributed by atoms with E-state index >= 15 is 0 Å². The summed E-state index contributed by atoms with van der Waals surface area (Å²) in [5.74, 6) is 0.709. The molecule has 1 aromatic heterocycles. The van der Waals surface area contributed by atoms with Gasteiger partial charge in [-0.3, -0.25) is 0 Å². The van der Waals surface area contributed by atoms with Crippen molar-refractivity contribution in [2.24, 2.45) is 0 Å². The zero-order valence-electron chi connectivity index (χ0n) is 6.92. The molecule has 0 aliphatic carbocycles. The Labute approximate surface area is 71.4 Å². The smallest absolute Gasteiger partial charge is 0.0303 e. The first-order chi connectivity index (χ1) is 5.29. The molecule has 0 radical (unpaired) electrons. The summed E-state index contributed by atoms with van der Waals surface area (Å²) in [5, 5.41) is 5.68. The molecule has 2 heterocycles. The van der Waals surface area contributed by atoms with E-state index < -0.39 is 0 Å². The van der Waals surface area contributed by atoms with Crippen LogP contribution in [0.3, 0.4) is 0 Å². The summed E-state index contributed by atoms with van der Waals surface area (Å²) in [4.78, 5) is 1.58. The zero-order valence-corrected chi connectivity index (χ0v) is 7.74. The van der Waals surface area contributed by atoms with Crippen LogP contribution in [0.25, 0.3) is 0 Å². The van der Waals surface area contributed by atoms with Crippen molar-refractivity contribution in [1.29, 1.82) is 0 Å². The van der Waals surface area contributed by atoms with Gasteiger partial charge < -0.3 is 5.32 Å². The van der Waals surface area contributed by atoms with Gasteiger partial charge in [0.15, 0.2) is 0 Å². The molecule has 2 heteroatoms. The fourth-order valence-electron chi connectivity index (χ4n) is 1.65. The Morgan fingerprint density at radius 3 is 3.09 bits per heavy atom. The fraction of sp³-hybridized carbons (Fsp3) is 0.556. The van der Waals surface area contributed by atoms with Crippen molar-refractivity contribution in [2.45, 2.75) is 25.8 Å². The molecule has 0 fully saturated rings. The predicted molar refractivity (Wildman–Crippen MR) is 49.2 cm³/mol. The molecule has 0 spiro atoms. The summed E-state index contributed by atoms with van der Waals surface area (Å²) in [6.07, 6.45) is 0. The number of nitrogens with one attached hydrogen (secondary N) is 1. The number of rotatable bonds is 0. The molecule has 60 valence electrons. The Bertz CT molecular complexity index is 229. The van der Waals surface area contributed by atoms with Gasteiger partial charge in [0.2, 0.25) is 0 Å². The minimum absolute atomic E-state index is 0.562. The molecule has 2 unspecified atom stereocenters. The molecular formula is C9H13NS. The van der Waals surface area contributed by atoms with E-state index in [4.69, 9.17) is 0 Å². The molecular weight excluding hydrogens is 154 g/mol. The van der Waals surface area contributed by atoms with Gasteiger partial charge in [-0.1, -0.05) is 6.92 Å². The second-order valence-electron chi connectivity index (χ2n) is 3.27. The summed E-state index contributed by atoms with van der Waals surface area (Å²) in [6.45, 7) is 5.65. The molecule has 0 amide bonds. The molecule has 1 nitrogen and oxygen atoms in total. The van der Waals surface area contributed by atoms with Crippen molar-refractivity contribution >= 4 is 11.3 Å². The molecule has 0 aromatic carbocycles. The van der Waals surface area contributed by atoms with E-state index in [2.05, 4.69) is 30.6 Å².